The van der Waals surface area contributed by atoms with Crippen molar-refractivity contribution < 1.29 is 14.4 Å². The van der Waals surface area contributed by atoms with E-state index in [-0.39, 0.29) is 48.7 Å². The standard InChI is InChI=1S/C26H31ClN2O3/c1-3-9-19-13-8-10-18(2)28(19)23(30)16-26(21-14-6-7-15-22(21)27)17-24(31)29(25(26)32)20-11-4-5-12-20/h3,6-8,10,14-15,18-20H,1,4-5,9,11-13,16-17H2,2H3/t18-,19-,26?/m1/s1. The third kappa shape index (κ3) is 3.92. The van der Waals surface area contributed by atoms with Gasteiger partial charge in [-0.05, 0) is 44.2 Å². The summed E-state index contributed by atoms with van der Waals surface area (Å²) in [6.45, 7) is 5.83. The summed E-state index contributed by atoms with van der Waals surface area (Å²) in [5.74, 6) is -0.580. The highest BCUT2D eigenvalue weighted by Gasteiger charge is 2.56. The van der Waals surface area contributed by atoms with E-state index in [1.165, 1.54) is 4.90 Å². The minimum absolute atomic E-state index is 0.00133. The number of hydrogen-bond acceptors (Lipinski definition) is 3. The van der Waals surface area contributed by atoms with Crippen LogP contribution in [0.3, 0.4) is 0 Å². The third-order valence-electron chi connectivity index (χ3n) is 7.26. The number of rotatable bonds is 6. The fraction of sp³-hybridized carbons (Fsp3) is 0.500. The highest BCUT2D eigenvalue weighted by Crippen LogP contribution is 2.45. The molecule has 1 saturated heterocycles. The Labute approximate surface area is 195 Å². The minimum atomic E-state index is -1.26. The van der Waals surface area contributed by atoms with Gasteiger partial charge in [-0.3, -0.25) is 19.3 Å². The van der Waals surface area contributed by atoms with Gasteiger partial charge in [0.15, 0.2) is 0 Å². The van der Waals surface area contributed by atoms with Crippen LogP contribution in [0.4, 0.5) is 0 Å². The van der Waals surface area contributed by atoms with Crippen LogP contribution >= 0.6 is 11.6 Å². The summed E-state index contributed by atoms with van der Waals surface area (Å²) in [5.41, 5.74) is -0.677. The molecule has 2 fully saturated rings. The van der Waals surface area contributed by atoms with Crippen molar-refractivity contribution in [1.29, 1.82) is 0 Å². The first-order valence-corrected chi connectivity index (χ1v) is 12.0. The number of halogens is 1. The van der Waals surface area contributed by atoms with Gasteiger partial charge in [-0.2, -0.15) is 0 Å². The molecule has 1 unspecified atom stereocenters. The lowest BCUT2D eigenvalue weighted by Gasteiger charge is -2.40. The summed E-state index contributed by atoms with van der Waals surface area (Å²) in [6, 6.07) is 6.99. The number of benzene rings is 1. The van der Waals surface area contributed by atoms with Crippen molar-refractivity contribution in [1.82, 2.24) is 9.80 Å². The summed E-state index contributed by atoms with van der Waals surface area (Å²) >= 11 is 6.56. The lowest BCUT2D eigenvalue weighted by Crippen LogP contribution is -2.51. The van der Waals surface area contributed by atoms with Gasteiger partial charge in [0.05, 0.1) is 5.41 Å². The van der Waals surface area contributed by atoms with Crippen molar-refractivity contribution in [2.45, 2.75) is 81.8 Å². The lowest BCUT2D eigenvalue weighted by atomic mass is 9.75. The minimum Gasteiger partial charge on any atom is -0.333 e. The normalized spacial score (nSPS) is 28.6. The molecular formula is C26H31ClN2O3. The van der Waals surface area contributed by atoms with Crippen molar-refractivity contribution in [3.05, 3.63) is 59.7 Å². The Balaban J connectivity index is 1.73. The van der Waals surface area contributed by atoms with E-state index >= 15 is 0 Å². The molecule has 2 aliphatic heterocycles. The van der Waals surface area contributed by atoms with Gasteiger partial charge in [-0.25, -0.2) is 0 Å². The first-order valence-electron chi connectivity index (χ1n) is 11.6. The van der Waals surface area contributed by atoms with Gasteiger partial charge < -0.3 is 4.90 Å². The number of hydrogen-bond donors (Lipinski definition) is 0. The predicted molar refractivity (Wildman–Crippen MR) is 125 cm³/mol. The Bertz CT molecular complexity index is 952. The van der Waals surface area contributed by atoms with Crippen LogP contribution in [0, 0.1) is 0 Å². The van der Waals surface area contributed by atoms with Crippen LogP contribution in [0.5, 0.6) is 0 Å². The molecule has 4 rings (SSSR count). The van der Waals surface area contributed by atoms with Gasteiger partial charge >= 0.3 is 0 Å². The van der Waals surface area contributed by atoms with Gasteiger partial charge in [-0.15, -0.1) is 6.58 Å². The average Bonchev–Trinajstić information content (AvgIpc) is 3.35. The second-order valence-corrected chi connectivity index (χ2v) is 9.71. The van der Waals surface area contributed by atoms with E-state index in [1.807, 2.05) is 30.0 Å². The maximum atomic E-state index is 13.9. The zero-order chi connectivity index (χ0) is 22.9. The molecule has 6 heteroatoms. The summed E-state index contributed by atoms with van der Waals surface area (Å²) in [6.07, 6.45) is 11.0. The molecule has 2 heterocycles. The SMILES string of the molecule is C=CC[C@@H]1CC=C[C@@H](C)N1C(=O)CC1(c2ccccc2Cl)CC(=O)N(C2CCCC2)C1=O. The number of imide groups is 1. The monoisotopic (exact) mass is 454 g/mol. The summed E-state index contributed by atoms with van der Waals surface area (Å²) < 4.78 is 0. The molecule has 1 aliphatic carbocycles. The van der Waals surface area contributed by atoms with Crippen LogP contribution in [0.2, 0.25) is 5.02 Å². The Morgan fingerprint density at radius 2 is 1.97 bits per heavy atom. The zero-order valence-corrected chi connectivity index (χ0v) is 19.4. The fourth-order valence-corrected chi connectivity index (χ4v) is 6.06. The van der Waals surface area contributed by atoms with Crippen molar-refractivity contribution in [3.8, 4) is 0 Å². The van der Waals surface area contributed by atoms with Crippen LogP contribution in [0.15, 0.2) is 49.1 Å². The smallest absolute Gasteiger partial charge is 0.241 e. The van der Waals surface area contributed by atoms with Crippen LogP contribution in [0.1, 0.15) is 63.9 Å². The highest BCUT2D eigenvalue weighted by molar-refractivity contribution is 6.32. The van der Waals surface area contributed by atoms with E-state index in [0.29, 0.717) is 17.0 Å². The maximum absolute atomic E-state index is 13.9. The second kappa shape index (κ2) is 9.22. The molecule has 0 spiro atoms. The first-order chi connectivity index (χ1) is 15.4. The van der Waals surface area contributed by atoms with Crippen LogP contribution < -0.4 is 0 Å². The summed E-state index contributed by atoms with van der Waals surface area (Å²) in [4.78, 5) is 44.2. The predicted octanol–water partition coefficient (Wildman–Crippen LogP) is 4.79. The van der Waals surface area contributed by atoms with E-state index in [9.17, 15) is 14.4 Å². The first kappa shape index (κ1) is 22.8. The van der Waals surface area contributed by atoms with Crippen LogP contribution in [-0.2, 0) is 19.8 Å². The molecule has 1 saturated carbocycles. The molecule has 170 valence electrons. The summed E-state index contributed by atoms with van der Waals surface area (Å²) in [5, 5.41) is 0.420. The Morgan fingerprint density at radius 1 is 1.25 bits per heavy atom. The quantitative estimate of drug-likeness (QED) is 0.458. The molecule has 5 nitrogen and oxygen atoms in total. The maximum Gasteiger partial charge on any atom is 0.241 e. The highest BCUT2D eigenvalue weighted by atomic mass is 35.5. The van der Waals surface area contributed by atoms with Crippen molar-refractivity contribution >= 4 is 29.3 Å². The lowest BCUT2D eigenvalue weighted by molar-refractivity contribution is -0.145. The average molecular weight is 455 g/mol. The fourth-order valence-electron chi connectivity index (χ4n) is 5.74. The molecule has 3 aliphatic rings. The number of nitrogens with zero attached hydrogens (tertiary/aromatic N) is 2. The molecule has 0 bridgehead atoms. The molecule has 1 aromatic carbocycles. The van der Waals surface area contributed by atoms with Crippen LogP contribution in [0.25, 0.3) is 0 Å². The third-order valence-corrected chi connectivity index (χ3v) is 7.59. The Hall–Kier alpha value is -2.40. The number of carbonyl (C=O) groups is 3. The van der Waals surface area contributed by atoms with Crippen molar-refractivity contribution in [2.24, 2.45) is 0 Å². The van der Waals surface area contributed by atoms with Gasteiger partial charge in [0.1, 0.15) is 0 Å². The Kier molecular flexibility index (Phi) is 6.57. The zero-order valence-electron chi connectivity index (χ0n) is 18.6. The molecule has 0 aromatic heterocycles. The molecule has 0 radical (unpaired) electrons. The second-order valence-electron chi connectivity index (χ2n) is 9.31. The van der Waals surface area contributed by atoms with E-state index in [4.69, 9.17) is 11.6 Å². The molecule has 32 heavy (non-hydrogen) atoms. The van der Waals surface area contributed by atoms with Gasteiger partial charge in [0.25, 0.3) is 0 Å². The van der Waals surface area contributed by atoms with Crippen molar-refractivity contribution in [3.63, 3.8) is 0 Å². The molecular weight excluding hydrogens is 424 g/mol. The molecule has 0 N–H and O–H groups in total. The van der Waals surface area contributed by atoms with E-state index in [2.05, 4.69) is 12.7 Å². The molecule has 1 aromatic rings. The Morgan fingerprint density at radius 3 is 2.66 bits per heavy atom. The summed E-state index contributed by atoms with van der Waals surface area (Å²) in [7, 11) is 0. The molecule has 3 atom stereocenters. The topological polar surface area (TPSA) is 57.7 Å². The number of likely N-dealkylation sites (tertiary alicyclic amines) is 1. The van der Waals surface area contributed by atoms with E-state index in [0.717, 1.165) is 32.1 Å². The molecule has 3 amide bonds. The van der Waals surface area contributed by atoms with Gasteiger partial charge in [0, 0.05) is 36.0 Å². The van der Waals surface area contributed by atoms with E-state index < -0.39 is 5.41 Å². The van der Waals surface area contributed by atoms with Crippen LogP contribution in [-0.4, -0.2) is 45.6 Å². The number of amides is 3. The largest absolute Gasteiger partial charge is 0.333 e. The van der Waals surface area contributed by atoms with Gasteiger partial charge in [0.2, 0.25) is 17.7 Å². The van der Waals surface area contributed by atoms with Gasteiger partial charge in [-0.1, -0.05) is 60.9 Å². The van der Waals surface area contributed by atoms with Crippen molar-refractivity contribution in [2.75, 3.05) is 0 Å². The van der Waals surface area contributed by atoms with E-state index in [1.54, 1.807) is 18.2 Å². The number of carbonyl (C=O) groups excluding carboxylic acids is 3.